The minimum absolute atomic E-state index is 0.569. The van der Waals surface area contributed by atoms with Crippen molar-refractivity contribution in [2.45, 2.75) is 84.7 Å². The van der Waals surface area contributed by atoms with E-state index >= 15 is 0 Å². The van der Waals surface area contributed by atoms with Gasteiger partial charge in [0.05, 0.1) is 0 Å². The Morgan fingerprint density at radius 3 is 2.32 bits per heavy atom. The molecule has 2 heteroatoms. The van der Waals surface area contributed by atoms with E-state index in [-0.39, 0.29) is 0 Å². The molecule has 1 unspecified atom stereocenters. The molecule has 114 valence electrons. The van der Waals surface area contributed by atoms with Gasteiger partial charge in [0.15, 0.2) is 0 Å². The Bertz CT molecular complexity index is 223. The Balaban J connectivity index is 3.64. The summed E-state index contributed by atoms with van der Waals surface area (Å²) in [7, 11) is 2.18. The molecule has 1 atom stereocenters. The van der Waals surface area contributed by atoms with Crippen molar-refractivity contribution in [1.82, 2.24) is 10.2 Å². The van der Waals surface area contributed by atoms with Gasteiger partial charge in [0.2, 0.25) is 0 Å². The number of unbranched alkanes of at least 4 members (excludes halogenated alkanes) is 4. The molecule has 0 aliphatic carbocycles. The molecular formula is C17H36N2. The summed E-state index contributed by atoms with van der Waals surface area (Å²) in [5.74, 6) is 0. The minimum atomic E-state index is 0.569. The smallest absolute Gasteiger partial charge is 0.0171 e. The van der Waals surface area contributed by atoms with E-state index in [1.165, 1.54) is 44.2 Å². The van der Waals surface area contributed by atoms with Crippen molar-refractivity contribution in [1.29, 1.82) is 0 Å². The lowest BCUT2D eigenvalue weighted by Crippen LogP contribution is -2.32. The molecule has 0 bridgehead atoms. The molecule has 19 heavy (non-hydrogen) atoms. The molecule has 0 aromatic carbocycles. The van der Waals surface area contributed by atoms with Crippen LogP contribution in [-0.2, 0) is 0 Å². The second-order valence-corrected chi connectivity index (χ2v) is 6.16. The molecule has 2 nitrogen and oxygen atoms in total. The van der Waals surface area contributed by atoms with Gasteiger partial charge in [-0.05, 0) is 26.2 Å². The standard InChI is InChI=1S/C17H36N2/c1-7-8-9-10-11-14-19(6)17(5)13-12-16(4)18-15(2)3/h15-16,18H,5,7-14H2,1-4,6H3. The van der Waals surface area contributed by atoms with Crippen LogP contribution in [0.5, 0.6) is 0 Å². The van der Waals surface area contributed by atoms with Crippen LogP contribution >= 0.6 is 0 Å². The van der Waals surface area contributed by atoms with Crippen LogP contribution in [0.25, 0.3) is 0 Å². The zero-order valence-corrected chi connectivity index (χ0v) is 14.0. The molecular weight excluding hydrogens is 232 g/mol. The lowest BCUT2D eigenvalue weighted by Gasteiger charge is -2.24. The predicted octanol–water partition coefficient (Wildman–Crippen LogP) is 4.57. The fourth-order valence-electron chi connectivity index (χ4n) is 2.34. The third kappa shape index (κ3) is 11.1. The van der Waals surface area contributed by atoms with Crippen LogP contribution in [0.3, 0.4) is 0 Å². The molecule has 0 fully saturated rings. The van der Waals surface area contributed by atoms with Gasteiger partial charge in [0.25, 0.3) is 0 Å². The van der Waals surface area contributed by atoms with Crippen molar-refractivity contribution in [2.24, 2.45) is 0 Å². The van der Waals surface area contributed by atoms with Gasteiger partial charge in [0, 0.05) is 31.4 Å². The lowest BCUT2D eigenvalue weighted by molar-refractivity contribution is 0.371. The Kier molecular flexibility index (Phi) is 11.0. The van der Waals surface area contributed by atoms with E-state index in [1.807, 2.05) is 0 Å². The summed E-state index contributed by atoms with van der Waals surface area (Å²) in [4.78, 5) is 2.34. The highest BCUT2D eigenvalue weighted by Gasteiger charge is 2.07. The predicted molar refractivity (Wildman–Crippen MR) is 87.5 cm³/mol. The highest BCUT2D eigenvalue weighted by atomic mass is 15.1. The number of nitrogens with zero attached hydrogens (tertiary/aromatic N) is 1. The van der Waals surface area contributed by atoms with Gasteiger partial charge in [-0.25, -0.2) is 0 Å². The van der Waals surface area contributed by atoms with Crippen molar-refractivity contribution < 1.29 is 0 Å². The molecule has 0 saturated heterocycles. The maximum absolute atomic E-state index is 4.22. The van der Waals surface area contributed by atoms with Crippen molar-refractivity contribution in [3.63, 3.8) is 0 Å². The first-order valence-corrected chi connectivity index (χ1v) is 8.12. The average Bonchev–Trinajstić information content (AvgIpc) is 2.34. The third-order valence-corrected chi connectivity index (χ3v) is 3.62. The molecule has 0 amide bonds. The summed E-state index contributed by atoms with van der Waals surface area (Å²) in [6, 6.07) is 1.15. The molecule has 0 aliphatic heterocycles. The Morgan fingerprint density at radius 1 is 1.11 bits per heavy atom. The van der Waals surface area contributed by atoms with Crippen LogP contribution < -0.4 is 5.32 Å². The third-order valence-electron chi connectivity index (χ3n) is 3.62. The number of hydrogen-bond acceptors (Lipinski definition) is 2. The zero-order chi connectivity index (χ0) is 14.7. The topological polar surface area (TPSA) is 15.3 Å². The largest absolute Gasteiger partial charge is 0.378 e. The maximum atomic E-state index is 4.22. The molecule has 0 aliphatic rings. The Labute approximate surface area is 121 Å². The molecule has 0 aromatic rings. The van der Waals surface area contributed by atoms with Crippen LogP contribution in [0.4, 0.5) is 0 Å². The van der Waals surface area contributed by atoms with E-state index < -0.39 is 0 Å². The summed E-state index contributed by atoms with van der Waals surface area (Å²) in [5.41, 5.74) is 1.29. The first kappa shape index (κ1) is 18.5. The normalized spacial score (nSPS) is 12.7. The van der Waals surface area contributed by atoms with E-state index in [0.717, 1.165) is 13.0 Å². The summed E-state index contributed by atoms with van der Waals surface area (Å²) in [6.07, 6.45) is 9.02. The molecule has 0 saturated carbocycles. The fourth-order valence-corrected chi connectivity index (χ4v) is 2.34. The van der Waals surface area contributed by atoms with E-state index in [1.54, 1.807) is 0 Å². The quantitative estimate of drug-likeness (QED) is 0.522. The summed E-state index contributed by atoms with van der Waals surface area (Å²) < 4.78 is 0. The maximum Gasteiger partial charge on any atom is 0.0171 e. The van der Waals surface area contributed by atoms with E-state index in [0.29, 0.717) is 12.1 Å². The van der Waals surface area contributed by atoms with Gasteiger partial charge < -0.3 is 10.2 Å². The van der Waals surface area contributed by atoms with E-state index in [4.69, 9.17) is 0 Å². The van der Waals surface area contributed by atoms with Crippen molar-refractivity contribution in [3.05, 3.63) is 12.3 Å². The van der Waals surface area contributed by atoms with Gasteiger partial charge in [-0.2, -0.15) is 0 Å². The summed E-state index contributed by atoms with van der Waals surface area (Å²) in [5, 5.41) is 3.54. The zero-order valence-electron chi connectivity index (χ0n) is 14.0. The molecule has 0 spiro atoms. The Morgan fingerprint density at radius 2 is 1.74 bits per heavy atom. The number of hydrogen-bond donors (Lipinski definition) is 1. The highest BCUT2D eigenvalue weighted by Crippen LogP contribution is 2.11. The summed E-state index contributed by atoms with van der Waals surface area (Å²) in [6.45, 7) is 14.3. The van der Waals surface area contributed by atoms with Gasteiger partial charge >= 0.3 is 0 Å². The van der Waals surface area contributed by atoms with Gasteiger partial charge in [-0.3, -0.25) is 0 Å². The monoisotopic (exact) mass is 268 g/mol. The molecule has 0 heterocycles. The van der Waals surface area contributed by atoms with Crippen LogP contribution in [-0.4, -0.2) is 30.6 Å². The Hall–Kier alpha value is -0.500. The van der Waals surface area contributed by atoms with Crippen LogP contribution in [0.15, 0.2) is 12.3 Å². The molecule has 0 rings (SSSR count). The molecule has 0 radical (unpaired) electrons. The minimum Gasteiger partial charge on any atom is -0.378 e. The first-order valence-electron chi connectivity index (χ1n) is 8.12. The van der Waals surface area contributed by atoms with E-state index in [2.05, 4.69) is 51.5 Å². The molecule has 0 aromatic heterocycles. The van der Waals surface area contributed by atoms with Gasteiger partial charge in [-0.1, -0.05) is 53.0 Å². The average molecular weight is 268 g/mol. The van der Waals surface area contributed by atoms with Gasteiger partial charge in [-0.15, -0.1) is 0 Å². The van der Waals surface area contributed by atoms with Crippen molar-refractivity contribution >= 4 is 0 Å². The van der Waals surface area contributed by atoms with Crippen molar-refractivity contribution in [2.75, 3.05) is 13.6 Å². The lowest BCUT2D eigenvalue weighted by atomic mass is 10.1. The van der Waals surface area contributed by atoms with Crippen LogP contribution in [0.1, 0.15) is 72.6 Å². The summed E-state index contributed by atoms with van der Waals surface area (Å²) >= 11 is 0. The van der Waals surface area contributed by atoms with Crippen molar-refractivity contribution in [3.8, 4) is 0 Å². The highest BCUT2D eigenvalue weighted by molar-refractivity contribution is 4.93. The SMILES string of the molecule is C=C(CCC(C)NC(C)C)N(C)CCCCCCC. The molecule has 1 N–H and O–H groups in total. The second kappa shape index (κ2) is 11.3. The number of rotatable bonds is 12. The van der Waals surface area contributed by atoms with Crippen LogP contribution in [0.2, 0.25) is 0 Å². The number of allylic oxidation sites excluding steroid dienone is 1. The van der Waals surface area contributed by atoms with E-state index in [9.17, 15) is 0 Å². The fraction of sp³-hybridized carbons (Fsp3) is 0.882. The second-order valence-electron chi connectivity index (χ2n) is 6.16. The first-order chi connectivity index (χ1) is 8.97. The van der Waals surface area contributed by atoms with Gasteiger partial charge in [0.1, 0.15) is 0 Å². The van der Waals surface area contributed by atoms with Crippen LogP contribution in [0, 0.1) is 0 Å². The number of nitrogens with one attached hydrogen (secondary N) is 1.